The number of carbonyl (C=O) groups is 1. The van der Waals surface area contributed by atoms with E-state index in [1.54, 1.807) is 0 Å². The minimum absolute atomic E-state index is 0.00422. The second-order valence-electron chi connectivity index (χ2n) is 5.03. The zero-order valence-corrected chi connectivity index (χ0v) is 11.2. The first-order chi connectivity index (χ1) is 9.19. The van der Waals surface area contributed by atoms with Gasteiger partial charge in [-0.1, -0.05) is 12.1 Å². The number of nitriles is 1. The van der Waals surface area contributed by atoms with E-state index in [0.29, 0.717) is 25.6 Å². The summed E-state index contributed by atoms with van der Waals surface area (Å²) in [6.45, 7) is 3.06. The Balaban J connectivity index is 1.87. The van der Waals surface area contributed by atoms with Crippen LogP contribution in [0.2, 0.25) is 0 Å². The summed E-state index contributed by atoms with van der Waals surface area (Å²) in [6, 6.07) is 10.4. The van der Waals surface area contributed by atoms with Gasteiger partial charge in [-0.2, -0.15) is 5.26 Å². The lowest BCUT2D eigenvalue weighted by atomic mass is 10.2. The van der Waals surface area contributed by atoms with Crippen LogP contribution in [0.25, 0.3) is 0 Å². The smallest absolute Gasteiger partial charge is 0.238 e. The minimum atomic E-state index is -0.00422. The Bertz CT molecular complexity index is 488. The van der Waals surface area contributed by atoms with Crippen LogP contribution in [0.15, 0.2) is 24.3 Å². The summed E-state index contributed by atoms with van der Waals surface area (Å²) in [7, 11) is 0. The van der Waals surface area contributed by atoms with Gasteiger partial charge >= 0.3 is 0 Å². The molecule has 1 aromatic carbocycles. The Hall–Kier alpha value is -1.86. The van der Waals surface area contributed by atoms with Crippen molar-refractivity contribution in [2.45, 2.75) is 32.2 Å². The number of aryl methyl sites for hydroxylation is 1. The van der Waals surface area contributed by atoms with Crippen molar-refractivity contribution in [3.8, 4) is 6.07 Å². The Morgan fingerprint density at radius 1 is 1.53 bits per heavy atom. The van der Waals surface area contributed by atoms with Crippen molar-refractivity contribution in [3.05, 3.63) is 29.8 Å². The number of nitrogens with one attached hydrogen (secondary N) is 1. The van der Waals surface area contributed by atoms with E-state index in [0.717, 1.165) is 24.1 Å². The lowest BCUT2D eigenvalue weighted by molar-refractivity contribution is -0.117. The molecule has 0 atom stereocenters. The molecule has 0 unspecified atom stereocenters. The van der Waals surface area contributed by atoms with Crippen molar-refractivity contribution in [1.29, 1.82) is 5.26 Å². The average molecular weight is 257 g/mol. The number of nitrogens with zero attached hydrogens (tertiary/aromatic N) is 2. The van der Waals surface area contributed by atoms with Crippen LogP contribution in [0.3, 0.4) is 0 Å². The van der Waals surface area contributed by atoms with Crippen LogP contribution in [0.4, 0.5) is 5.69 Å². The lowest BCUT2D eigenvalue weighted by Crippen LogP contribution is -2.35. The molecule has 0 saturated heterocycles. The fraction of sp³-hybridized carbons (Fsp3) is 0.467. The van der Waals surface area contributed by atoms with Crippen LogP contribution in [0.5, 0.6) is 0 Å². The average Bonchev–Trinajstić information content (AvgIpc) is 3.18. The third-order valence-corrected chi connectivity index (χ3v) is 3.22. The molecule has 0 spiro atoms. The monoisotopic (exact) mass is 257 g/mol. The van der Waals surface area contributed by atoms with E-state index in [4.69, 9.17) is 5.26 Å². The van der Waals surface area contributed by atoms with E-state index in [-0.39, 0.29) is 5.91 Å². The van der Waals surface area contributed by atoms with Gasteiger partial charge < -0.3 is 5.32 Å². The molecule has 0 heterocycles. The number of hydrogen-bond acceptors (Lipinski definition) is 3. The van der Waals surface area contributed by atoms with E-state index >= 15 is 0 Å². The van der Waals surface area contributed by atoms with Crippen molar-refractivity contribution < 1.29 is 4.79 Å². The highest BCUT2D eigenvalue weighted by Crippen LogP contribution is 2.26. The molecular weight excluding hydrogens is 238 g/mol. The molecule has 0 radical (unpaired) electrons. The highest BCUT2D eigenvalue weighted by molar-refractivity contribution is 5.92. The van der Waals surface area contributed by atoms with Crippen LogP contribution < -0.4 is 5.32 Å². The first-order valence-electron chi connectivity index (χ1n) is 6.66. The minimum Gasteiger partial charge on any atom is -0.325 e. The summed E-state index contributed by atoms with van der Waals surface area (Å²) in [5.41, 5.74) is 1.96. The third-order valence-electron chi connectivity index (χ3n) is 3.22. The van der Waals surface area contributed by atoms with Gasteiger partial charge in [-0.05, 0) is 37.5 Å². The number of amides is 1. The maximum absolute atomic E-state index is 12.0. The maximum Gasteiger partial charge on any atom is 0.238 e. The van der Waals surface area contributed by atoms with E-state index in [1.807, 2.05) is 31.2 Å². The second kappa shape index (κ2) is 6.35. The molecule has 1 saturated carbocycles. The fourth-order valence-corrected chi connectivity index (χ4v) is 2.13. The molecule has 1 N–H and O–H groups in total. The number of hydrogen-bond donors (Lipinski definition) is 1. The van der Waals surface area contributed by atoms with Gasteiger partial charge in [0.15, 0.2) is 0 Å². The Labute approximate surface area is 114 Å². The Morgan fingerprint density at radius 2 is 2.32 bits per heavy atom. The third kappa shape index (κ3) is 4.38. The van der Waals surface area contributed by atoms with Crippen molar-refractivity contribution in [2.75, 3.05) is 18.4 Å². The molecule has 0 aliphatic heterocycles. The van der Waals surface area contributed by atoms with Crippen molar-refractivity contribution in [3.63, 3.8) is 0 Å². The summed E-state index contributed by atoms with van der Waals surface area (Å²) in [5.74, 6) is -0.00422. The molecule has 4 heteroatoms. The predicted octanol–water partition coefficient (Wildman–Crippen LogP) is 2.31. The standard InChI is InChI=1S/C15H19N3O/c1-12-4-2-5-13(10-12)17-15(19)11-18(9-3-8-16)14-6-7-14/h2,4-5,10,14H,3,6-7,9,11H2,1H3,(H,17,19). The number of rotatable bonds is 6. The molecule has 1 amide bonds. The first-order valence-corrected chi connectivity index (χ1v) is 6.66. The molecule has 100 valence electrons. The highest BCUT2D eigenvalue weighted by Gasteiger charge is 2.29. The second-order valence-corrected chi connectivity index (χ2v) is 5.03. The maximum atomic E-state index is 12.0. The number of benzene rings is 1. The number of carbonyl (C=O) groups excluding carboxylic acids is 1. The van der Waals surface area contributed by atoms with E-state index in [9.17, 15) is 4.79 Å². The molecule has 1 aliphatic rings. The predicted molar refractivity (Wildman–Crippen MR) is 74.6 cm³/mol. The highest BCUT2D eigenvalue weighted by atomic mass is 16.2. The summed E-state index contributed by atoms with van der Waals surface area (Å²) >= 11 is 0. The topological polar surface area (TPSA) is 56.1 Å². The Morgan fingerprint density at radius 3 is 2.95 bits per heavy atom. The van der Waals surface area contributed by atoms with E-state index < -0.39 is 0 Å². The molecule has 1 fully saturated rings. The van der Waals surface area contributed by atoms with Crippen LogP contribution >= 0.6 is 0 Å². The normalized spacial score (nSPS) is 14.2. The van der Waals surface area contributed by atoms with Crippen LogP contribution in [-0.4, -0.2) is 29.9 Å². The molecule has 2 rings (SSSR count). The lowest BCUT2D eigenvalue weighted by Gasteiger charge is -2.19. The van der Waals surface area contributed by atoms with Gasteiger partial charge in [0.2, 0.25) is 5.91 Å². The van der Waals surface area contributed by atoms with Gasteiger partial charge in [0.25, 0.3) is 0 Å². The van der Waals surface area contributed by atoms with Crippen LogP contribution in [0.1, 0.15) is 24.8 Å². The van der Waals surface area contributed by atoms with Crippen LogP contribution in [0, 0.1) is 18.3 Å². The molecule has 19 heavy (non-hydrogen) atoms. The SMILES string of the molecule is Cc1cccc(NC(=O)CN(CCC#N)C2CC2)c1. The van der Waals surface area contributed by atoms with Gasteiger partial charge in [-0.25, -0.2) is 0 Å². The summed E-state index contributed by atoms with van der Waals surface area (Å²) < 4.78 is 0. The summed E-state index contributed by atoms with van der Waals surface area (Å²) in [6.07, 6.45) is 2.76. The van der Waals surface area contributed by atoms with Crippen molar-refractivity contribution >= 4 is 11.6 Å². The van der Waals surface area contributed by atoms with Gasteiger partial charge in [0, 0.05) is 24.7 Å². The molecule has 0 bridgehead atoms. The molecule has 1 aliphatic carbocycles. The van der Waals surface area contributed by atoms with Crippen LogP contribution in [-0.2, 0) is 4.79 Å². The summed E-state index contributed by atoms with van der Waals surface area (Å²) in [5, 5.41) is 11.5. The van der Waals surface area contributed by atoms with E-state index in [1.165, 1.54) is 0 Å². The van der Waals surface area contributed by atoms with Gasteiger partial charge in [0.05, 0.1) is 12.6 Å². The van der Waals surface area contributed by atoms with Gasteiger partial charge in [0.1, 0.15) is 0 Å². The molecule has 1 aromatic rings. The quantitative estimate of drug-likeness (QED) is 0.850. The van der Waals surface area contributed by atoms with E-state index in [2.05, 4.69) is 16.3 Å². The molecular formula is C15H19N3O. The zero-order valence-electron chi connectivity index (χ0n) is 11.2. The number of anilines is 1. The largest absolute Gasteiger partial charge is 0.325 e. The van der Waals surface area contributed by atoms with Crippen molar-refractivity contribution in [2.24, 2.45) is 0 Å². The fourth-order valence-electron chi connectivity index (χ4n) is 2.13. The Kier molecular flexibility index (Phi) is 4.53. The summed E-state index contributed by atoms with van der Waals surface area (Å²) in [4.78, 5) is 14.1. The molecule has 0 aromatic heterocycles. The molecule has 4 nitrogen and oxygen atoms in total. The van der Waals surface area contributed by atoms with Gasteiger partial charge in [-0.15, -0.1) is 0 Å². The first kappa shape index (κ1) is 13.6. The van der Waals surface area contributed by atoms with Crippen molar-refractivity contribution in [1.82, 2.24) is 4.90 Å². The zero-order chi connectivity index (χ0) is 13.7. The van der Waals surface area contributed by atoms with Gasteiger partial charge in [-0.3, -0.25) is 9.69 Å².